The van der Waals surface area contributed by atoms with Gasteiger partial charge in [0, 0.05) is 19.3 Å². The van der Waals surface area contributed by atoms with Gasteiger partial charge in [-0.25, -0.2) is 4.98 Å². The van der Waals surface area contributed by atoms with E-state index in [9.17, 15) is 0 Å². The highest BCUT2D eigenvalue weighted by Gasteiger charge is 2.14. The number of rotatable bonds is 4. The average molecular weight is 340 g/mol. The Balaban J connectivity index is 1.87. The number of nitrogens with two attached hydrogens (primary N) is 1. The molecule has 0 spiro atoms. The van der Waals surface area contributed by atoms with Crippen molar-refractivity contribution in [2.24, 2.45) is 5.73 Å². The standard InChI is InChI=1S/C11H10BrN5OS/c12-9-2-1-8(19-9)10-15-11(18-16-10)7-5-17(4-3-13)6-14-7/h1-2,5-6H,3-4,13H2. The van der Waals surface area contributed by atoms with Gasteiger partial charge in [0.15, 0.2) is 0 Å². The number of hydrogen-bond donors (Lipinski definition) is 1. The molecular formula is C11H10BrN5OS. The Morgan fingerprint density at radius 1 is 1.42 bits per heavy atom. The van der Waals surface area contributed by atoms with Gasteiger partial charge in [-0.3, -0.25) is 0 Å². The molecular weight excluding hydrogens is 330 g/mol. The van der Waals surface area contributed by atoms with Gasteiger partial charge in [0.2, 0.25) is 5.82 Å². The van der Waals surface area contributed by atoms with Gasteiger partial charge in [0.25, 0.3) is 5.89 Å². The van der Waals surface area contributed by atoms with E-state index >= 15 is 0 Å². The lowest BCUT2D eigenvalue weighted by Gasteiger charge is -1.94. The van der Waals surface area contributed by atoms with E-state index in [2.05, 4.69) is 31.1 Å². The molecule has 98 valence electrons. The van der Waals surface area contributed by atoms with Crippen LogP contribution in [0.5, 0.6) is 0 Å². The third-order valence-corrected chi connectivity index (χ3v) is 4.08. The fourth-order valence-electron chi connectivity index (χ4n) is 1.60. The van der Waals surface area contributed by atoms with E-state index < -0.39 is 0 Å². The zero-order valence-electron chi connectivity index (χ0n) is 9.78. The van der Waals surface area contributed by atoms with Crippen LogP contribution in [0.2, 0.25) is 0 Å². The van der Waals surface area contributed by atoms with Gasteiger partial charge < -0.3 is 14.8 Å². The molecule has 0 aliphatic heterocycles. The second kappa shape index (κ2) is 5.24. The van der Waals surface area contributed by atoms with Gasteiger partial charge in [-0.2, -0.15) is 4.98 Å². The molecule has 2 N–H and O–H groups in total. The third kappa shape index (κ3) is 2.60. The molecule has 0 aliphatic rings. The summed E-state index contributed by atoms with van der Waals surface area (Å²) in [6.45, 7) is 1.28. The molecule has 0 saturated carbocycles. The summed E-state index contributed by atoms with van der Waals surface area (Å²) in [5, 5.41) is 3.96. The summed E-state index contributed by atoms with van der Waals surface area (Å²) in [5.41, 5.74) is 6.14. The highest BCUT2D eigenvalue weighted by atomic mass is 79.9. The van der Waals surface area contributed by atoms with Crippen molar-refractivity contribution < 1.29 is 4.52 Å². The van der Waals surface area contributed by atoms with Crippen molar-refractivity contribution in [2.75, 3.05) is 6.54 Å². The molecule has 6 nitrogen and oxygen atoms in total. The van der Waals surface area contributed by atoms with Gasteiger partial charge >= 0.3 is 0 Å². The molecule has 3 aromatic rings. The molecule has 3 heterocycles. The molecule has 0 amide bonds. The average Bonchev–Trinajstić information content (AvgIpc) is 3.07. The van der Waals surface area contributed by atoms with Crippen LogP contribution in [0.25, 0.3) is 22.3 Å². The SMILES string of the molecule is NCCn1cnc(-c2nc(-c3ccc(Br)s3)no2)c1. The second-order valence-electron chi connectivity index (χ2n) is 3.81. The van der Waals surface area contributed by atoms with Crippen LogP contribution in [-0.4, -0.2) is 26.2 Å². The first-order valence-electron chi connectivity index (χ1n) is 5.58. The van der Waals surface area contributed by atoms with E-state index in [1.807, 2.05) is 22.9 Å². The summed E-state index contributed by atoms with van der Waals surface area (Å²) < 4.78 is 8.15. The Labute approximate surface area is 121 Å². The first-order valence-corrected chi connectivity index (χ1v) is 7.19. The largest absolute Gasteiger partial charge is 0.335 e. The lowest BCUT2D eigenvalue weighted by molar-refractivity contribution is 0.431. The zero-order valence-corrected chi connectivity index (χ0v) is 12.2. The van der Waals surface area contributed by atoms with Crippen LogP contribution in [0.15, 0.2) is 33.0 Å². The topological polar surface area (TPSA) is 82.8 Å². The summed E-state index contributed by atoms with van der Waals surface area (Å²) in [6, 6.07) is 3.89. The Hall–Kier alpha value is -1.51. The van der Waals surface area contributed by atoms with Gasteiger partial charge in [-0.15, -0.1) is 11.3 Å². The molecule has 0 bridgehead atoms. The van der Waals surface area contributed by atoms with Crippen molar-refractivity contribution in [1.82, 2.24) is 19.7 Å². The Morgan fingerprint density at radius 3 is 3.05 bits per heavy atom. The Morgan fingerprint density at radius 2 is 2.32 bits per heavy atom. The van der Waals surface area contributed by atoms with Gasteiger partial charge in [-0.1, -0.05) is 5.16 Å². The number of imidazole rings is 1. The predicted molar refractivity (Wildman–Crippen MR) is 75.6 cm³/mol. The molecule has 0 unspecified atom stereocenters. The molecule has 8 heteroatoms. The van der Waals surface area contributed by atoms with E-state index in [4.69, 9.17) is 10.3 Å². The minimum Gasteiger partial charge on any atom is -0.335 e. The number of aromatic nitrogens is 4. The van der Waals surface area contributed by atoms with Gasteiger partial charge in [0.05, 0.1) is 15.0 Å². The summed E-state index contributed by atoms with van der Waals surface area (Å²) >= 11 is 4.96. The molecule has 0 atom stereocenters. The highest BCUT2D eigenvalue weighted by Crippen LogP contribution is 2.30. The molecule has 0 saturated heterocycles. The zero-order chi connectivity index (χ0) is 13.2. The lowest BCUT2D eigenvalue weighted by Crippen LogP contribution is -2.07. The number of halogens is 1. The monoisotopic (exact) mass is 339 g/mol. The molecule has 3 aromatic heterocycles. The first kappa shape index (κ1) is 12.5. The first-order chi connectivity index (χ1) is 9.26. The fourth-order valence-corrected chi connectivity index (χ4v) is 2.92. The molecule has 0 fully saturated rings. The van der Waals surface area contributed by atoms with E-state index in [1.54, 1.807) is 17.7 Å². The van der Waals surface area contributed by atoms with Crippen LogP contribution in [0, 0.1) is 0 Å². The summed E-state index contributed by atoms with van der Waals surface area (Å²) in [7, 11) is 0. The van der Waals surface area contributed by atoms with Crippen molar-refractivity contribution in [2.45, 2.75) is 6.54 Å². The number of nitrogens with zero attached hydrogens (tertiary/aromatic N) is 4. The number of thiophene rings is 1. The normalized spacial score (nSPS) is 11.1. The van der Waals surface area contributed by atoms with Crippen molar-refractivity contribution in [3.05, 3.63) is 28.4 Å². The molecule has 0 aromatic carbocycles. The third-order valence-electron chi connectivity index (χ3n) is 2.46. The van der Waals surface area contributed by atoms with E-state index in [-0.39, 0.29) is 0 Å². The maximum atomic E-state index is 5.49. The van der Waals surface area contributed by atoms with Crippen molar-refractivity contribution in [3.63, 3.8) is 0 Å². The minimum atomic E-state index is 0.412. The fraction of sp³-hybridized carbons (Fsp3) is 0.182. The highest BCUT2D eigenvalue weighted by molar-refractivity contribution is 9.11. The van der Waals surface area contributed by atoms with Crippen LogP contribution >= 0.6 is 27.3 Å². The van der Waals surface area contributed by atoms with Crippen LogP contribution in [0.3, 0.4) is 0 Å². The maximum Gasteiger partial charge on any atom is 0.278 e. The number of hydrogen-bond acceptors (Lipinski definition) is 6. The van der Waals surface area contributed by atoms with Crippen LogP contribution in [-0.2, 0) is 6.54 Å². The van der Waals surface area contributed by atoms with E-state index in [0.717, 1.165) is 8.66 Å². The van der Waals surface area contributed by atoms with Crippen LogP contribution < -0.4 is 5.73 Å². The molecule has 0 radical (unpaired) electrons. The molecule has 3 rings (SSSR count). The summed E-state index contributed by atoms with van der Waals surface area (Å²) in [6.07, 6.45) is 3.54. The Bertz CT molecular complexity index is 689. The smallest absolute Gasteiger partial charge is 0.278 e. The Kier molecular flexibility index (Phi) is 3.45. The van der Waals surface area contributed by atoms with Crippen LogP contribution in [0.4, 0.5) is 0 Å². The van der Waals surface area contributed by atoms with E-state index in [0.29, 0.717) is 30.5 Å². The summed E-state index contributed by atoms with van der Waals surface area (Å²) in [5.74, 6) is 0.981. The maximum absolute atomic E-state index is 5.49. The van der Waals surface area contributed by atoms with Gasteiger partial charge in [-0.05, 0) is 28.1 Å². The van der Waals surface area contributed by atoms with Crippen LogP contribution in [0.1, 0.15) is 0 Å². The van der Waals surface area contributed by atoms with Crippen molar-refractivity contribution in [3.8, 4) is 22.3 Å². The minimum absolute atomic E-state index is 0.412. The molecule has 0 aliphatic carbocycles. The molecule has 19 heavy (non-hydrogen) atoms. The van der Waals surface area contributed by atoms with Crippen molar-refractivity contribution >= 4 is 27.3 Å². The van der Waals surface area contributed by atoms with E-state index in [1.165, 1.54) is 0 Å². The summed E-state index contributed by atoms with van der Waals surface area (Å²) in [4.78, 5) is 9.51. The lowest BCUT2D eigenvalue weighted by atomic mass is 10.4. The predicted octanol–water partition coefficient (Wildman–Crippen LogP) is 2.38. The second-order valence-corrected chi connectivity index (χ2v) is 6.28. The quantitative estimate of drug-likeness (QED) is 0.788. The van der Waals surface area contributed by atoms with Crippen molar-refractivity contribution in [1.29, 1.82) is 0 Å². The van der Waals surface area contributed by atoms with Gasteiger partial charge in [0.1, 0.15) is 5.69 Å².